The van der Waals surface area contributed by atoms with Gasteiger partial charge in [-0.05, 0) is 32.1 Å². The quantitative estimate of drug-likeness (QED) is 0.332. The van der Waals surface area contributed by atoms with Crippen molar-refractivity contribution in [3.8, 4) is 0 Å². The van der Waals surface area contributed by atoms with Crippen LogP contribution in [0.4, 0.5) is 0 Å². The predicted octanol–water partition coefficient (Wildman–Crippen LogP) is 0.114. The zero-order valence-corrected chi connectivity index (χ0v) is 17.7. The van der Waals surface area contributed by atoms with Gasteiger partial charge in [0.1, 0.15) is 5.78 Å². The number of piperidine rings is 1. The van der Waals surface area contributed by atoms with Crippen molar-refractivity contribution in [2.24, 2.45) is 0 Å². The molecule has 0 unspecified atom stereocenters. The largest absolute Gasteiger partial charge is 0.381 e. The summed E-state index contributed by atoms with van der Waals surface area (Å²) in [5.74, 6) is 0.605. The van der Waals surface area contributed by atoms with E-state index in [4.69, 9.17) is 4.74 Å². The normalized spacial score (nSPS) is 22.2. The van der Waals surface area contributed by atoms with E-state index in [1.165, 1.54) is 25.7 Å². The van der Waals surface area contributed by atoms with E-state index < -0.39 is 0 Å². The molecule has 6 N–H and O–H groups in total. The molecule has 9 heteroatoms. The van der Waals surface area contributed by atoms with Crippen molar-refractivity contribution in [3.05, 3.63) is 12.3 Å². The second-order valence-corrected chi connectivity index (χ2v) is 7.05. The van der Waals surface area contributed by atoms with Gasteiger partial charge in [-0.3, -0.25) is 20.4 Å². The average molecular weight is 413 g/mol. The smallest absolute Gasteiger partial charge is 0.220 e. The Hall–Kier alpha value is -1.52. The third kappa shape index (κ3) is 18.3. The zero-order valence-electron chi connectivity index (χ0n) is 17.7. The highest BCUT2D eigenvalue weighted by Gasteiger charge is 2.05. The number of nitrogens with one attached hydrogen (secondary N) is 6. The summed E-state index contributed by atoms with van der Waals surface area (Å²) in [4.78, 5) is 20.6. The van der Waals surface area contributed by atoms with E-state index in [2.05, 4.69) is 32.3 Å². The van der Waals surface area contributed by atoms with Crippen molar-refractivity contribution in [3.63, 3.8) is 0 Å². The number of rotatable bonds is 0. The molecule has 0 aromatic rings. The molecule has 168 valence electrons. The number of carbonyl (C=O) groups is 2. The van der Waals surface area contributed by atoms with Gasteiger partial charge >= 0.3 is 0 Å². The summed E-state index contributed by atoms with van der Waals surface area (Å²) >= 11 is 0. The van der Waals surface area contributed by atoms with E-state index in [9.17, 15) is 9.59 Å². The number of hydrogen-bond acceptors (Lipinski definition) is 8. The van der Waals surface area contributed by atoms with Gasteiger partial charge in [-0.25, -0.2) is 5.43 Å². The lowest BCUT2D eigenvalue weighted by molar-refractivity contribution is -0.120. The Balaban J connectivity index is 0.000000182. The van der Waals surface area contributed by atoms with Crippen LogP contribution >= 0.6 is 0 Å². The van der Waals surface area contributed by atoms with Gasteiger partial charge in [0.25, 0.3) is 0 Å². The van der Waals surface area contributed by atoms with Gasteiger partial charge in [-0.1, -0.05) is 6.08 Å². The Morgan fingerprint density at radius 3 is 1.66 bits per heavy atom. The van der Waals surface area contributed by atoms with Gasteiger partial charge in [-0.15, -0.1) is 0 Å². The summed E-state index contributed by atoms with van der Waals surface area (Å²) in [6.45, 7) is 7.90. The first-order valence-corrected chi connectivity index (χ1v) is 10.9. The third-order valence-corrected chi connectivity index (χ3v) is 4.39. The molecule has 0 bridgehead atoms. The van der Waals surface area contributed by atoms with Gasteiger partial charge in [0.05, 0.1) is 0 Å². The molecule has 5 aliphatic rings. The van der Waals surface area contributed by atoms with Crippen LogP contribution in [0.5, 0.6) is 0 Å². The summed E-state index contributed by atoms with van der Waals surface area (Å²) in [7, 11) is 0. The maximum absolute atomic E-state index is 10.4. The zero-order chi connectivity index (χ0) is 20.8. The van der Waals surface area contributed by atoms with Crippen LogP contribution in [0, 0.1) is 0 Å². The molecule has 9 nitrogen and oxygen atoms in total. The highest BCUT2D eigenvalue weighted by molar-refractivity contribution is 5.79. The summed E-state index contributed by atoms with van der Waals surface area (Å²) in [5, 5.41) is 5.77. The number of Topliss-reactive ketones (excluding diaryl/α,β-unsaturated/α-hetero) is 1. The van der Waals surface area contributed by atoms with Crippen molar-refractivity contribution >= 4 is 11.7 Å². The topological polar surface area (TPSA) is 116 Å². The van der Waals surface area contributed by atoms with Crippen LogP contribution in [0.3, 0.4) is 0 Å². The van der Waals surface area contributed by atoms with Crippen molar-refractivity contribution in [1.82, 2.24) is 32.3 Å². The number of ketones is 1. The van der Waals surface area contributed by atoms with Crippen molar-refractivity contribution in [2.75, 3.05) is 52.5 Å². The van der Waals surface area contributed by atoms with Gasteiger partial charge in [0, 0.05) is 77.9 Å². The average Bonchev–Trinajstić information content (AvgIpc) is 3.57. The molecule has 0 spiro atoms. The monoisotopic (exact) mass is 412 g/mol. The van der Waals surface area contributed by atoms with E-state index >= 15 is 0 Å². The molecule has 0 radical (unpaired) electrons. The first-order valence-electron chi connectivity index (χ1n) is 10.9. The second-order valence-electron chi connectivity index (χ2n) is 7.05. The van der Waals surface area contributed by atoms with Gasteiger partial charge in [0.15, 0.2) is 0 Å². The van der Waals surface area contributed by atoms with E-state index in [1.807, 2.05) is 12.3 Å². The first kappa shape index (κ1) is 25.5. The lowest BCUT2D eigenvalue weighted by Crippen LogP contribution is -2.27. The minimum absolute atomic E-state index is 0.204. The fraction of sp³-hybridized carbons (Fsp3) is 0.800. The highest BCUT2D eigenvalue weighted by Crippen LogP contribution is 2.02. The summed E-state index contributed by atoms with van der Waals surface area (Å²) in [5.41, 5.74) is 11.6. The van der Waals surface area contributed by atoms with Crippen LogP contribution in [0.1, 0.15) is 51.4 Å². The molecule has 1 amide bonds. The Morgan fingerprint density at radius 1 is 0.724 bits per heavy atom. The number of ether oxygens (including phenoxy) is 1. The fourth-order valence-electron chi connectivity index (χ4n) is 2.69. The van der Waals surface area contributed by atoms with Crippen molar-refractivity contribution < 1.29 is 14.3 Å². The minimum atomic E-state index is 0.204. The molecule has 5 heterocycles. The summed E-state index contributed by atoms with van der Waals surface area (Å²) in [6.07, 6.45) is 12.3. The van der Waals surface area contributed by atoms with Crippen LogP contribution in [0.25, 0.3) is 0 Å². The summed E-state index contributed by atoms with van der Waals surface area (Å²) in [6, 6.07) is 0. The van der Waals surface area contributed by atoms with E-state index in [-0.39, 0.29) is 5.91 Å². The first-order chi connectivity index (χ1) is 14.3. The van der Waals surface area contributed by atoms with Gasteiger partial charge in [0.2, 0.25) is 5.91 Å². The molecular weight excluding hydrogens is 372 g/mol. The SMILES string of the molecule is C1=CNNC1.C1CCOCC1.C1CNNC1.O=C1CCCN1.O=C1CCNCC1. The molecule has 0 aliphatic carbocycles. The molecule has 4 saturated heterocycles. The molecule has 0 atom stereocenters. The van der Waals surface area contributed by atoms with Crippen LogP contribution in [0.2, 0.25) is 0 Å². The number of hydrazine groups is 2. The molecule has 0 aromatic carbocycles. The Bertz CT molecular complexity index is 399. The molecule has 5 aliphatic heterocycles. The van der Waals surface area contributed by atoms with Crippen molar-refractivity contribution in [1.29, 1.82) is 0 Å². The van der Waals surface area contributed by atoms with Crippen LogP contribution < -0.4 is 32.3 Å². The third-order valence-electron chi connectivity index (χ3n) is 4.39. The van der Waals surface area contributed by atoms with E-state index in [0.29, 0.717) is 5.78 Å². The maximum Gasteiger partial charge on any atom is 0.220 e. The lowest BCUT2D eigenvalue weighted by Gasteiger charge is -2.08. The highest BCUT2D eigenvalue weighted by atomic mass is 16.5. The standard InChI is InChI=1S/C5H9NO.C5H10O.C4H7NO.C3H8N2.C3H6N2/c7-5-1-3-6-4-2-5;1-2-4-6-5-3-1;6-4-2-1-3-5-4;2*1-2-4-5-3-1/h6H,1-4H2;1-5H2;1-3H2,(H,5,6);4-5H,1-3H2;1-2,4-5H,3H2. The predicted molar refractivity (Wildman–Crippen MR) is 115 cm³/mol. The maximum atomic E-state index is 10.4. The lowest BCUT2D eigenvalue weighted by atomic mass is 10.1. The van der Waals surface area contributed by atoms with E-state index in [0.717, 1.165) is 78.2 Å². The summed E-state index contributed by atoms with van der Waals surface area (Å²) < 4.78 is 5.07. The van der Waals surface area contributed by atoms with Crippen molar-refractivity contribution in [2.45, 2.75) is 51.4 Å². The fourth-order valence-corrected chi connectivity index (χ4v) is 2.69. The molecule has 0 aromatic heterocycles. The molecular formula is C20H40N6O3. The van der Waals surface area contributed by atoms with Gasteiger partial charge < -0.3 is 20.8 Å². The molecule has 4 fully saturated rings. The number of hydrogen-bond donors (Lipinski definition) is 6. The van der Waals surface area contributed by atoms with Crippen LogP contribution in [-0.2, 0) is 14.3 Å². The molecule has 0 saturated carbocycles. The molecule has 5 rings (SSSR count). The minimum Gasteiger partial charge on any atom is -0.381 e. The number of carbonyl (C=O) groups excluding carboxylic acids is 2. The van der Waals surface area contributed by atoms with Gasteiger partial charge in [-0.2, -0.15) is 0 Å². The van der Waals surface area contributed by atoms with Crippen LogP contribution in [-0.4, -0.2) is 64.2 Å². The van der Waals surface area contributed by atoms with E-state index in [1.54, 1.807) is 0 Å². The molecule has 29 heavy (non-hydrogen) atoms. The second kappa shape index (κ2) is 19.8. The Labute approximate surface area is 175 Å². The Morgan fingerprint density at radius 2 is 1.45 bits per heavy atom. The Kier molecular flexibility index (Phi) is 17.4. The number of amides is 1. The van der Waals surface area contributed by atoms with Crippen LogP contribution in [0.15, 0.2) is 12.3 Å².